The van der Waals surface area contributed by atoms with Crippen LogP contribution in [0, 0.1) is 5.92 Å². The van der Waals surface area contributed by atoms with Gasteiger partial charge in [0.05, 0.1) is 0 Å². The highest BCUT2D eigenvalue weighted by Gasteiger charge is 2.24. The lowest BCUT2D eigenvalue weighted by atomic mass is 9.78. The molecular formula is C22H32O4. The summed E-state index contributed by atoms with van der Waals surface area (Å²) in [6, 6.07) is 4.76. The van der Waals surface area contributed by atoms with Crippen molar-refractivity contribution >= 4 is 5.97 Å². The molecule has 0 aromatic heterocycles. The maximum atomic E-state index is 11.2. The van der Waals surface area contributed by atoms with E-state index in [9.17, 15) is 20.1 Å². The Bertz CT molecular complexity index is 656. The minimum Gasteiger partial charge on any atom is -0.508 e. The molecule has 26 heavy (non-hydrogen) atoms. The Balaban J connectivity index is 2.52. The number of phenols is 2. The van der Waals surface area contributed by atoms with E-state index in [1.807, 2.05) is 13.0 Å². The third kappa shape index (κ3) is 6.95. The summed E-state index contributed by atoms with van der Waals surface area (Å²) in [6.07, 6.45) is 9.60. The van der Waals surface area contributed by atoms with Crippen molar-refractivity contribution in [3.63, 3.8) is 0 Å². The van der Waals surface area contributed by atoms with Crippen molar-refractivity contribution in [3.05, 3.63) is 47.6 Å². The van der Waals surface area contributed by atoms with Crippen molar-refractivity contribution in [2.24, 2.45) is 5.92 Å². The van der Waals surface area contributed by atoms with Crippen LogP contribution >= 0.6 is 0 Å². The van der Waals surface area contributed by atoms with Crippen molar-refractivity contribution < 1.29 is 20.1 Å². The fourth-order valence-corrected chi connectivity index (χ4v) is 3.14. The van der Waals surface area contributed by atoms with E-state index >= 15 is 0 Å². The van der Waals surface area contributed by atoms with Crippen LogP contribution in [0.1, 0.15) is 65.4 Å². The number of benzene rings is 1. The first-order valence-corrected chi connectivity index (χ1v) is 9.25. The van der Waals surface area contributed by atoms with Crippen molar-refractivity contribution in [1.82, 2.24) is 0 Å². The van der Waals surface area contributed by atoms with Crippen LogP contribution in [0.3, 0.4) is 0 Å². The SMILES string of the molecule is CC=CC=C(CCC(C)CCCC(C)(C)c1ccc(O)cc1O)C(=O)O. The van der Waals surface area contributed by atoms with E-state index in [4.69, 9.17) is 0 Å². The molecule has 4 nitrogen and oxygen atoms in total. The summed E-state index contributed by atoms with van der Waals surface area (Å²) in [7, 11) is 0. The average molecular weight is 360 g/mol. The van der Waals surface area contributed by atoms with E-state index < -0.39 is 5.97 Å². The Labute approximate surface area is 156 Å². The Morgan fingerprint density at radius 1 is 1.23 bits per heavy atom. The lowest BCUT2D eigenvalue weighted by molar-refractivity contribution is -0.132. The topological polar surface area (TPSA) is 77.8 Å². The highest BCUT2D eigenvalue weighted by molar-refractivity contribution is 5.86. The van der Waals surface area contributed by atoms with E-state index in [2.05, 4.69) is 20.8 Å². The Hall–Kier alpha value is -2.23. The van der Waals surface area contributed by atoms with E-state index in [1.165, 1.54) is 6.07 Å². The van der Waals surface area contributed by atoms with Gasteiger partial charge in [-0.2, -0.15) is 0 Å². The molecule has 0 aliphatic rings. The van der Waals surface area contributed by atoms with Gasteiger partial charge < -0.3 is 15.3 Å². The second-order valence-electron chi connectivity index (χ2n) is 7.64. The molecule has 0 saturated heterocycles. The molecule has 0 heterocycles. The molecule has 0 fully saturated rings. The highest BCUT2D eigenvalue weighted by Crippen LogP contribution is 2.37. The van der Waals surface area contributed by atoms with Crippen LogP contribution in [0.15, 0.2) is 42.0 Å². The van der Waals surface area contributed by atoms with Crippen LogP contribution in [-0.2, 0) is 10.2 Å². The van der Waals surface area contributed by atoms with Gasteiger partial charge >= 0.3 is 5.97 Å². The predicted molar refractivity (Wildman–Crippen MR) is 106 cm³/mol. The van der Waals surface area contributed by atoms with Gasteiger partial charge in [0.2, 0.25) is 0 Å². The molecule has 0 saturated carbocycles. The number of hydrogen-bond donors (Lipinski definition) is 3. The molecule has 4 heteroatoms. The average Bonchev–Trinajstić information content (AvgIpc) is 2.53. The second-order valence-corrected chi connectivity index (χ2v) is 7.64. The van der Waals surface area contributed by atoms with Gasteiger partial charge in [-0.15, -0.1) is 0 Å². The molecular weight excluding hydrogens is 328 g/mol. The zero-order chi connectivity index (χ0) is 19.7. The first kappa shape index (κ1) is 21.8. The fraction of sp³-hybridized carbons (Fsp3) is 0.500. The lowest BCUT2D eigenvalue weighted by Gasteiger charge is -2.27. The van der Waals surface area contributed by atoms with Crippen LogP contribution < -0.4 is 0 Å². The van der Waals surface area contributed by atoms with Crippen LogP contribution in [0.4, 0.5) is 0 Å². The van der Waals surface area contributed by atoms with Crippen molar-refractivity contribution in [2.75, 3.05) is 0 Å². The number of aliphatic carboxylic acids is 1. The number of carboxylic acids is 1. The highest BCUT2D eigenvalue weighted by atomic mass is 16.4. The smallest absolute Gasteiger partial charge is 0.331 e. The summed E-state index contributed by atoms with van der Waals surface area (Å²) >= 11 is 0. The van der Waals surface area contributed by atoms with Crippen molar-refractivity contribution in [2.45, 2.75) is 65.2 Å². The van der Waals surface area contributed by atoms with Gasteiger partial charge in [0, 0.05) is 11.6 Å². The maximum Gasteiger partial charge on any atom is 0.331 e. The molecule has 0 aliphatic carbocycles. The summed E-state index contributed by atoms with van der Waals surface area (Å²) in [5.74, 6) is -0.217. The molecule has 1 aromatic carbocycles. The van der Waals surface area contributed by atoms with Gasteiger partial charge in [-0.3, -0.25) is 0 Å². The van der Waals surface area contributed by atoms with Crippen LogP contribution in [0.5, 0.6) is 11.5 Å². The first-order valence-electron chi connectivity index (χ1n) is 9.25. The molecule has 0 spiro atoms. The van der Waals surface area contributed by atoms with Gasteiger partial charge in [-0.1, -0.05) is 57.9 Å². The van der Waals surface area contributed by atoms with E-state index in [0.29, 0.717) is 17.9 Å². The fourth-order valence-electron chi connectivity index (χ4n) is 3.14. The molecule has 3 N–H and O–H groups in total. The minimum absolute atomic E-state index is 0.0656. The number of allylic oxidation sites excluding steroid dienone is 3. The van der Waals surface area contributed by atoms with Crippen molar-refractivity contribution in [1.29, 1.82) is 0 Å². The number of phenolic OH excluding ortho intramolecular Hbond substituents is 2. The van der Waals surface area contributed by atoms with Gasteiger partial charge in [0.25, 0.3) is 0 Å². The standard InChI is InChI=1S/C22H32O4/c1-5-6-9-17(21(25)26)11-10-16(2)8-7-14-22(3,4)19-13-12-18(23)15-20(19)24/h5-6,9,12-13,15-16,23-24H,7-8,10-11,14H2,1-4H3,(H,25,26). The van der Waals surface area contributed by atoms with Crippen LogP contribution in [0.2, 0.25) is 0 Å². The third-order valence-electron chi connectivity index (χ3n) is 4.88. The molecule has 0 bridgehead atoms. The molecule has 144 valence electrons. The van der Waals surface area contributed by atoms with Gasteiger partial charge in [0.15, 0.2) is 0 Å². The normalized spacial score (nSPS) is 13.9. The van der Waals surface area contributed by atoms with E-state index in [0.717, 1.165) is 31.2 Å². The summed E-state index contributed by atoms with van der Waals surface area (Å²) in [5, 5.41) is 28.7. The zero-order valence-corrected chi connectivity index (χ0v) is 16.3. The van der Waals surface area contributed by atoms with Crippen LogP contribution in [0.25, 0.3) is 0 Å². The Kier molecular flexibility index (Phi) is 8.43. The maximum absolute atomic E-state index is 11.2. The molecule has 1 rings (SSSR count). The predicted octanol–water partition coefficient (Wildman–Crippen LogP) is 5.55. The second kappa shape index (κ2) is 10.0. The number of rotatable bonds is 10. The summed E-state index contributed by atoms with van der Waals surface area (Å²) in [4.78, 5) is 11.2. The minimum atomic E-state index is -0.848. The third-order valence-corrected chi connectivity index (χ3v) is 4.88. The molecule has 0 aliphatic heterocycles. The largest absolute Gasteiger partial charge is 0.508 e. The Morgan fingerprint density at radius 2 is 1.92 bits per heavy atom. The van der Waals surface area contributed by atoms with Gasteiger partial charge in [-0.25, -0.2) is 4.79 Å². The molecule has 0 amide bonds. The molecule has 1 aromatic rings. The monoisotopic (exact) mass is 360 g/mol. The molecule has 1 unspecified atom stereocenters. The summed E-state index contributed by atoms with van der Waals surface area (Å²) < 4.78 is 0. The molecule has 1 atom stereocenters. The van der Waals surface area contributed by atoms with Gasteiger partial charge in [0.1, 0.15) is 11.5 Å². The lowest BCUT2D eigenvalue weighted by Crippen LogP contribution is -2.17. The number of hydrogen-bond acceptors (Lipinski definition) is 3. The number of carbonyl (C=O) groups is 1. The van der Waals surface area contributed by atoms with Crippen LogP contribution in [-0.4, -0.2) is 21.3 Å². The number of carboxylic acid groups (broad SMARTS) is 1. The Morgan fingerprint density at radius 3 is 2.50 bits per heavy atom. The van der Waals surface area contributed by atoms with Gasteiger partial charge in [-0.05, 0) is 49.1 Å². The van der Waals surface area contributed by atoms with E-state index in [-0.39, 0.29) is 16.9 Å². The van der Waals surface area contributed by atoms with Crippen molar-refractivity contribution in [3.8, 4) is 11.5 Å². The summed E-state index contributed by atoms with van der Waals surface area (Å²) in [5.41, 5.74) is 1.10. The summed E-state index contributed by atoms with van der Waals surface area (Å²) in [6.45, 7) is 8.20. The quantitative estimate of drug-likeness (QED) is 0.378. The molecule has 0 radical (unpaired) electrons. The van der Waals surface area contributed by atoms with E-state index in [1.54, 1.807) is 24.3 Å². The zero-order valence-electron chi connectivity index (χ0n) is 16.3. The first-order chi connectivity index (χ1) is 12.2. The number of aromatic hydroxyl groups is 2.